The molecule has 2 aromatic rings. The van der Waals surface area contributed by atoms with E-state index in [1.54, 1.807) is 62.8 Å². The van der Waals surface area contributed by atoms with Gasteiger partial charge in [-0.2, -0.15) is 0 Å². The van der Waals surface area contributed by atoms with Crippen LogP contribution < -0.4 is 14.2 Å². The zero-order chi connectivity index (χ0) is 15.9. The summed E-state index contributed by atoms with van der Waals surface area (Å²) in [6.07, 6.45) is 0. The van der Waals surface area contributed by atoms with Gasteiger partial charge in [0.05, 0.1) is 14.2 Å². The molecule has 0 aromatic heterocycles. The molecule has 0 saturated heterocycles. The van der Waals surface area contributed by atoms with Gasteiger partial charge in [0.25, 0.3) is 0 Å². The Bertz CT molecular complexity index is 621. The van der Waals surface area contributed by atoms with Crippen molar-refractivity contribution < 1.29 is 24.1 Å². The van der Waals surface area contributed by atoms with Gasteiger partial charge in [-0.05, 0) is 42.0 Å². The van der Waals surface area contributed by atoms with E-state index in [1.807, 2.05) is 0 Å². The standard InChI is InChI=1S/C17H18O5/c1-20-13-6-8-14(9-7-13)22-11-16(17(18)19)12-4-3-5-15(10-12)21-2/h3-10,16H,11H2,1-2H3,(H,18,19). The molecule has 1 unspecified atom stereocenters. The summed E-state index contributed by atoms with van der Waals surface area (Å²) < 4.78 is 15.8. The van der Waals surface area contributed by atoms with E-state index in [9.17, 15) is 9.90 Å². The molecule has 5 heteroatoms. The van der Waals surface area contributed by atoms with Gasteiger partial charge in [0.1, 0.15) is 29.8 Å². The summed E-state index contributed by atoms with van der Waals surface area (Å²) in [6.45, 7) is 0.0365. The summed E-state index contributed by atoms with van der Waals surface area (Å²) in [5.74, 6) is 0.219. The summed E-state index contributed by atoms with van der Waals surface area (Å²) >= 11 is 0. The summed E-state index contributed by atoms with van der Waals surface area (Å²) in [5, 5.41) is 9.41. The van der Waals surface area contributed by atoms with Crippen LogP contribution in [0, 0.1) is 0 Å². The lowest BCUT2D eigenvalue weighted by molar-refractivity contribution is -0.139. The van der Waals surface area contributed by atoms with Gasteiger partial charge in [0, 0.05) is 0 Å². The Hall–Kier alpha value is -2.69. The van der Waals surface area contributed by atoms with Crippen molar-refractivity contribution in [2.45, 2.75) is 5.92 Å². The quantitative estimate of drug-likeness (QED) is 0.852. The average Bonchev–Trinajstić information content (AvgIpc) is 2.55. The Morgan fingerprint density at radius 2 is 1.64 bits per heavy atom. The summed E-state index contributed by atoms with van der Waals surface area (Å²) in [5.41, 5.74) is 0.639. The van der Waals surface area contributed by atoms with E-state index in [0.717, 1.165) is 5.75 Å². The van der Waals surface area contributed by atoms with E-state index in [1.165, 1.54) is 0 Å². The fourth-order valence-corrected chi connectivity index (χ4v) is 2.02. The van der Waals surface area contributed by atoms with Crippen molar-refractivity contribution in [3.8, 4) is 17.2 Å². The molecule has 0 amide bonds. The van der Waals surface area contributed by atoms with Crippen LogP contribution in [0.15, 0.2) is 48.5 Å². The lowest BCUT2D eigenvalue weighted by Crippen LogP contribution is -2.19. The molecule has 0 radical (unpaired) electrons. The van der Waals surface area contributed by atoms with Crippen LogP contribution in [0.4, 0.5) is 0 Å². The summed E-state index contributed by atoms with van der Waals surface area (Å²) in [4.78, 5) is 11.5. The van der Waals surface area contributed by atoms with Crippen LogP contribution in [-0.4, -0.2) is 31.9 Å². The molecule has 1 atom stereocenters. The highest BCUT2D eigenvalue weighted by atomic mass is 16.5. The Labute approximate surface area is 129 Å². The molecule has 2 rings (SSSR count). The van der Waals surface area contributed by atoms with Gasteiger partial charge < -0.3 is 19.3 Å². The maximum Gasteiger partial charge on any atom is 0.314 e. The monoisotopic (exact) mass is 302 g/mol. The van der Waals surface area contributed by atoms with Crippen LogP contribution in [-0.2, 0) is 4.79 Å². The Kier molecular flexibility index (Phi) is 5.25. The molecular formula is C17H18O5. The first-order chi connectivity index (χ1) is 10.6. The van der Waals surface area contributed by atoms with Crippen molar-refractivity contribution in [1.82, 2.24) is 0 Å². The second-order valence-electron chi connectivity index (χ2n) is 4.65. The van der Waals surface area contributed by atoms with Gasteiger partial charge in [0.15, 0.2) is 0 Å². The zero-order valence-electron chi connectivity index (χ0n) is 12.5. The minimum atomic E-state index is -0.943. The maximum atomic E-state index is 11.5. The molecule has 0 heterocycles. The lowest BCUT2D eigenvalue weighted by atomic mass is 10.00. The predicted octanol–water partition coefficient (Wildman–Crippen LogP) is 2.95. The number of aliphatic carboxylic acids is 1. The molecule has 1 N–H and O–H groups in total. The topological polar surface area (TPSA) is 65.0 Å². The summed E-state index contributed by atoms with van der Waals surface area (Å²) in [6, 6.07) is 14.0. The van der Waals surface area contributed by atoms with E-state index in [4.69, 9.17) is 14.2 Å². The van der Waals surface area contributed by atoms with Crippen LogP contribution in [0.3, 0.4) is 0 Å². The molecular weight excluding hydrogens is 284 g/mol. The molecule has 2 aromatic carbocycles. The molecule has 0 aliphatic rings. The normalized spacial score (nSPS) is 11.5. The number of carbonyl (C=O) groups is 1. The number of carboxylic acid groups (broad SMARTS) is 1. The van der Waals surface area contributed by atoms with Crippen LogP contribution in [0.25, 0.3) is 0 Å². The van der Waals surface area contributed by atoms with Gasteiger partial charge in [-0.3, -0.25) is 4.79 Å². The molecule has 0 aliphatic heterocycles. The number of hydrogen-bond acceptors (Lipinski definition) is 4. The average molecular weight is 302 g/mol. The number of rotatable bonds is 7. The van der Waals surface area contributed by atoms with Crippen LogP contribution in [0.2, 0.25) is 0 Å². The van der Waals surface area contributed by atoms with Crippen molar-refractivity contribution in [3.63, 3.8) is 0 Å². The minimum absolute atomic E-state index is 0.0365. The Morgan fingerprint density at radius 1 is 1.00 bits per heavy atom. The van der Waals surface area contributed by atoms with Crippen LogP contribution in [0.1, 0.15) is 11.5 Å². The third kappa shape index (κ3) is 3.91. The van der Waals surface area contributed by atoms with Crippen LogP contribution in [0.5, 0.6) is 17.2 Å². The molecule has 0 fully saturated rings. The predicted molar refractivity (Wildman–Crippen MR) is 81.9 cm³/mol. The Morgan fingerprint density at radius 3 is 2.23 bits per heavy atom. The molecule has 0 saturated carbocycles. The van der Waals surface area contributed by atoms with Crippen molar-refractivity contribution in [2.75, 3.05) is 20.8 Å². The second kappa shape index (κ2) is 7.36. The van der Waals surface area contributed by atoms with Crippen molar-refractivity contribution in [1.29, 1.82) is 0 Å². The van der Waals surface area contributed by atoms with Crippen molar-refractivity contribution in [2.24, 2.45) is 0 Å². The molecule has 116 valence electrons. The first kappa shape index (κ1) is 15.7. The van der Waals surface area contributed by atoms with Gasteiger partial charge in [-0.25, -0.2) is 0 Å². The first-order valence-electron chi connectivity index (χ1n) is 6.77. The van der Waals surface area contributed by atoms with Gasteiger partial charge >= 0.3 is 5.97 Å². The molecule has 0 spiro atoms. The largest absolute Gasteiger partial charge is 0.497 e. The number of hydrogen-bond donors (Lipinski definition) is 1. The van der Waals surface area contributed by atoms with Gasteiger partial charge in [0.2, 0.25) is 0 Å². The number of carboxylic acids is 1. The lowest BCUT2D eigenvalue weighted by Gasteiger charge is -2.15. The maximum absolute atomic E-state index is 11.5. The first-order valence-corrected chi connectivity index (χ1v) is 6.77. The highest BCUT2D eigenvalue weighted by Gasteiger charge is 2.21. The third-order valence-corrected chi connectivity index (χ3v) is 3.27. The highest BCUT2D eigenvalue weighted by Crippen LogP contribution is 2.23. The number of ether oxygens (including phenoxy) is 3. The van der Waals surface area contributed by atoms with Gasteiger partial charge in [-0.15, -0.1) is 0 Å². The third-order valence-electron chi connectivity index (χ3n) is 3.27. The Balaban J connectivity index is 2.09. The zero-order valence-corrected chi connectivity index (χ0v) is 12.5. The molecule has 22 heavy (non-hydrogen) atoms. The SMILES string of the molecule is COc1ccc(OCC(C(=O)O)c2cccc(OC)c2)cc1. The fourth-order valence-electron chi connectivity index (χ4n) is 2.02. The van der Waals surface area contributed by atoms with Crippen LogP contribution >= 0.6 is 0 Å². The van der Waals surface area contributed by atoms with E-state index >= 15 is 0 Å². The molecule has 5 nitrogen and oxygen atoms in total. The second-order valence-corrected chi connectivity index (χ2v) is 4.65. The highest BCUT2D eigenvalue weighted by molar-refractivity contribution is 5.76. The summed E-state index contributed by atoms with van der Waals surface area (Å²) in [7, 11) is 3.13. The van der Waals surface area contributed by atoms with E-state index in [-0.39, 0.29) is 6.61 Å². The number of methoxy groups -OCH3 is 2. The molecule has 0 bridgehead atoms. The van der Waals surface area contributed by atoms with Crippen molar-refractivity contribution in [3.05, 3.63) is 54.1 Å². The number of benzene rings is 2. The van der Waals surface area contributed by atoms with Crippen molar-refractivity contribution >= 4 is 5.97 Å². The smallest absolute Gasteiger partial charge is 0.314 e. The van der Waals surface area contributed by atoms with Gasteiger partial charge in [-0.1, -0.05) is 12.1 Å². The molecule has 0 aliphatic carbocycles. The minimum Gasteiger partial charge on any atom is -0.497 e. The van der Waals surface area contributed by atoms with E-state index in [0.29, 0.717) is 17.1 Å². The fraction of sp³-hybridized carbons (Fsp3) is 0.235. The van der Waals surface area contributed by atoms with E-state index < -0.39 is 11.9 Å². The van der Waals surface area contributed by atoms with E-state index in [2.05, 4.69) is 0 Å².